The Bertz CT molecular complexity index is 1230. The van der Waals surface area contributed by atoms with Crippen molar-refractivity contribution < 1.29 is 18.0 Å². The highest BCUT2D eigenvalue weighted by molar-refractivity contribution is 5.95. The van der Waals surface area contributed by atoms with Crippen LogP contribution >= 0.6 is 0 Å². The molecule has 164 valence electrons. The molecule has 1 fully saturated rings. The second-order valence-electron chi connectivity index (χ2n) is 7.69. The average Bonchev–Trinajstić information content (AvgIpc) is 3.49. The zero-order chi connectivity index (χ0) is 22.1. The Morgan fingerprint density at radius 3 is 2.75 bits per heavy atom. The van der Waals surface area contributed by atoms with Gasteiger partial charge in [0.2, 0.25) is 5.91 Å². The number of carbonyl (C=O) groups is 1. The topological polar surface area (TPSA) is 79.8 Å². The van der Waals surface area contributed by atoms with Crippen LogP contribution in [0.4, 0.5) is 20.3 Å². The Labute approximate surface area is 182 Å². The summed E-state index contributed by atoms with van der Waals surface area (Å²) >= 11 is 0. The van der Waals surface area contributed by atoms with Crippen LogP contribution in [0.15, 0.2) is 59.5 Å². The molecule has 32 heavy (non-hydrogen) atoms. The quantitative estimate of drug-likeness (QED) is 0.475. The number of furan rings is 1. The molecule has 1 aliphatic rings. The molecule has 4 aromatic rings. The van der Waals surface area contributed by atoms with Crippen LogP contribution in [0.2, 0.25) is 0 Å². The van der Waals surface area contributed by atoms with E-state index in [0.717, 1.165) is 18.0 Å². The molecule has 8 nitrogen and oxygen atoms in total. The lowest BCUT2D eigenvalue weighted by Gasteiger charge is -2.34. The van der Waals surface area contributed by atoms with Gasteiger partial charge in [-0.3, -0.25) is 4.79 Å². The molecule has 0 N–H and O–H groups in total. The fourth-order valence-electron chi connectivity index (χ4n) is 4.00. The first kappa shape index (κ1) is 20.1. The van der Waals surface area contributed by atoms with E-state index in [-0.39, 0.29) is 24.1 Å². The van der Waals surface area contributed by atoms with E-state index in [1.54, 1.807) is 23.0 Å². The largest absolute Gasteiger partial charge is 0.467 e. The van der Waals surface area contributed by atoms with E-state index < -0.39 is 11.6 Å². The van der Waals surface area contributed by atoms with Crippen LogP contribution in [0.1, 0.15) is 18.6 Å². The van der Waals surface area contributed by atoms with Gasteiger partial charge in [-0.05, 0) is 49.2 Å². The molecular weight excluding hydrogens is 418 g/mol. The summed E-state index contributed by atoms with van der Waals surface area (Å²) in [6.45, 7) is 1.31. The molecule has 1 aliphatic heterocycles. The smallest absolute Gasteiger partial charge is 0.230 e. The van der Waals surface area contributed by atoms with Crippen LogP contribution < -0.4 is 9.80 Å². The maximum absolute atomic E-state index is 14.5. The Morgan fingerprint density at radius 1 is 1.16 bits per heavy atom. The molecule has 0 unspecified atom stereocenters. The summed E-state index contributed by atoms with van der Waals surface area (Å²) in [5.41, 5.74) is 0.698. The van der Waals surface area contributed by atoms with Crippen molar-refractivity contribution in [3.05, 3.63) is 72.4 Å². The number of nitrogens with zero attached hydrogens (tertiary/aromatic N) is 6. The molecule has 0 radical (unpaired) electrons. The number of carbonyl (C=O) groups excluding carboxylic acids is 1. The zero-order valence-electron chi connectivity index (χ0n) is 17.1. The van der Waals surface area contributed by atoms with E-state index in [9.17, 15) is 13.6 Å². The highest BCUT2D eigenvalue weighted by Gasteiger charge is 2.31. The fourth-order valence-corrected chi connectivity index (χ4v) is 4.00. The summed E-state index contributed by atoms with van der Waals surface area (Å²) in [7, 11) is 0. The van der Waals surface area contributed by atoms with Crippen molar-refractivity contribution in [1.82, 2.24) is 19.8 Å². The minimum Gasteiger partial charge on any atom is -0.467 e. The molecule has 1 aromatic carbocycles. The van der Waals surface area contributed by atoms with Crippen molar-refractivity contribution in [3.8, 4) is 0 Å². The minimum absolute atomic E-state index is 0.0370. The standard InChI is InChI=1S/C22H20F2N6O2/c23-16-3-4-19(18(24)12-16)29(13-17-2-1-11-32-17)22(31)15-7-9-28(10-8-15)21-6-5-20-26-25-14-30(20)27-21/h1-6,11-12,14-15H,7-10,13H2. The number of benzene rings is 1. The lowest BCUT2D eigenvalue weighted by atomic mass is 9.94. The van der Waals surface area contributed by atoms with Gasteiger partial charge in [0.25, 0.3) is 0 Å². The van der Waals surface area contributed by atoms with Gasteiger partial charge in [-0.2, -0.15) is 4.52 Å². The molecule has 0 saturated carbocycles. The molecule has 0 aliphatic carbocycles. The summed E-state index contributed by atoms with van der Waals surface area (Å²) in [5.74, 6) is -0.694. The zero-order valence-corrected chi connectivity index (χ0v) is 17.1. The monoisotopic (exact) mass is 438 g/mol. The average molecular weight is 438 g/mol. The number of piperidine rings is 1. The van der Waals surface area contributed by atoms with Crippen LogP contribution in [-0.2, 0) is 11.3 Å². The normalized spacial score (nSPS) is 14.8. The van der Waals surface area contributed by atoms with Gasteiger partial charge in [0, 0.05) is 25.1 Å². The van der Waals surface area contributed by atoms with E-state index in [2.05, 4.69) is 20.2 Å². The van der Waals surface area contributed by atoms with E-state index in [0.29, 0.717) is 37.3 Å². The first-order valence-electron chi connectivity index (χ1n) is 10.3. The van der Waals surface area contributed by atoms with Gasteiger partial charge in [0.05, 0.1) is 18.5 Å². The maximum Gasteiger partial charge on any atom is 0.230 e. The Balaban J connectivity index is 1.33. The SMILES string of the molecule is O=C(C1CCN(c2ccc3nncn3n2)CC1)N(Cc1ccco1)c1ccc(F)cc1F. The second-order valence-corrected chi connectivity index (χ2v) is 7.69. The van der Waals surface area contributed by atoms with Gasteiger partial charge in [0.15, 0.2) is 5.65 Å². The van der Waals surface area contributed by atoms with E-state index in [4.69, 9.17) is 4.42 Å². The van der Waals surface area contributed by atoms with Crippen molar-refractivity contribution >= 4 is 23.1 Å². The molecule has 1 amide bonds. The molecule has 0 atom stereocenters. The first-order valence-corrected chi connectivity index (χ1v) is 10.3. The third-order valence-corrected chi connectivity index (χ3v) is 5.68. The van der Waals surface area contributed by atoms with Crippen molar-refractivity contribution in [3.63, 3.8) is 0 Å². The van der Waals surface area contributed by atoms with Crippen molar-refractivity contribution in [2.24, 2.45) is 5.92 Å². The van der Waals surface area contributed by atoms with Gasteiger partial charge < -0.3 is 14.2 Å². The summed E-state index contributed by atoms with van der Waals surface area (Å²) in [5, 5.41) is 12.3. The highest BCUT2D eigenvalue weighted by atomic mass is 19.1. The number of fused-ring (bicyclic) bond motifs is 1. The fraction of sp³-hybridized carbons (Fsp3) is 0.273. The number of hydrogen-bond acceptors (Lipinski definition) is 6. The summed E-state index contributed by atoms with van der Waals surface area (Å²) in [6, 6.07) is 10.4. The Hall–Kier alpha value is -3.82. The molecule has 0 spiro atoms. The third kappa shape index (κ3) is 3.91. The molecule has 1 saturated heterocycles. The lowest BCUT2D eigenvalue weighted by molar-refractivity contribution is -0.123. The van der Waals surface area contributed by atoms with Gasteiger partial charge in [0.1, 0.15) is 29.5 Å². The van der Waals surface area contributed by atoms with Crippen molar-refractivity contribution in [2.45, 2.75) is 19.4 Å². The van der Waals surface area contributed by atoms with Crippen molar-refractivity contribution in [2.75, 3.05) is 22.9 Å². The van der Waals surface area contributed by atoms with E-state index in [1.165, 1.54) is 17.2 Å². The van der Waals surface area contributed by atoms with Crippen LogP contribution in [0.5, 0.6) is 0 Å². The summed E-state index contributed by atoms with van der Waals surface area (Å²) in [4.78, 5) is 16.9. The minimum atomic E-state index is -0.784. The van der Waals surface area contributed by atoms with E-state index >= 15 is 0 Å². The van der Waals surface area contributed by atoms with Gasteiger partial charge in [-0.25, -0.2) is 8.78 Å². The number of anilines is 2. The number of rotatable bonds is 5. The third-order valence-electron chi connectivity index (χ3n) is 5.68. The Kier molecular flexibility index (Phi) is 5.26. The molecule has 5 rings (SSSR count). The van der Waals surface area contributed by atoms with Crippen LogP contribution in [-0.4, -0.2) is 38.8 Å². The predicted octanol–water partition coefficient (Wildman–Crippen LogP) is 3.45. The van der Waals surface area contributed by atoms with Crippen molar-refractivity contribution in [1.29, 1.82) is 0 Å². The van der Waals surface area contributed by atoms with Gasteiger partial charge in [-0.15, -0.1) is 15.3 Å². The molecule has 4 heterocycles. The van der Waals surface area contributed by atoms with E-state index in [1.807, 2.05) is 12.1 Å². The highest BCUT2D eigenvalue weighted by Crippen LogP contribution is 2.29. The maximum atomic E-state index is 14.5. The Morgan fingerprint density at radius 2 is 2.00 bits per heavy atom. The van der Waals surface area contributed by atoms with Gasteiger partial charge in [-0.1, -0.05) is 0 Å². The number of amides is 1. The molecule has 3 aromatic heterocycles. The van der Waals surface area contributed by atoms with Crippen LogP contribution in [0.3, 0.4) is 0 Å². The predicted molar refractivity (Wildman–Crippen MR) is 112 cm³/mol. The number of halogens is 2. The molecular formula is C22H20F2N6O2. The number of hydrogen-bond donors (Lipinski definition) is 0. The lowest BCUT2D eigenvalue weighted by Crippen LogP contribution is -2.43. The van der Waals surface area contributed by atoms with Crippen LogP contribution in [0.25, 0.3) is 5.65 Å². The summed E-state index contributed by atoms with van der Waals surface area (Å²) in [6.07, 6.45) is 4.20. The van der Waals surface area contributed by atoms with Crippen LogP contribution in [0, 0.1) is 17.6 Å². The molecule has 10 heteroatoms. The second kappa shape index (κ2) is 8.37. The molecule has 0 bridgehead atoms. The number of aromatic nitrogens is 4. The summed E-state index contributed by atoms with van der Waals surface area (Å²) < 4.78 is 35.0. The first-order chi connectivity index (χ1) is 15.6. The van der Waals surface area contributed by atoms with Gasteiger partial charge >= 0.3 is 0 Å².